The molecule has 0 spiro atoms. The maximum absolute atomic E-state index is 10.6. The van der Waals surface area contributed by atoms with Crippen LogP contribution in [0.4, 0.5) is 0 Å². The molecule has 0 radical (unpaired) electrons. The van der Waals surface area contributed by atoms with E-state index < -0.39 is 0 Å². The van der Waals surface area contributed by atoms with Crippen LogP contribution in [0, 0.1) is 0 Å². The van der Waals surface area contributed by atoms with Crippen molar-refractivity contribution in [3.8, 4) is 17.3 Å². The van der Waals surface area contributed by atoms with Crippen LogP contribution in [-0.2, 0) is 7.05 Å². The molecule has 0 aliphatic rings. The van der Waals surface area contributed by atoms with Gasteiger partial charge in [-0.05, 0) is 29.7 Å². The Labute approximate surface area is 127 Å². The summed E-state index contributed by atoms with van der Waals surface area (Å²) in [6.45, 7) is 0. The molecule has 0 saturated heterocycles. The SMILES string of the molecule is COc1cccc2cn(-c3ccc4ccn(C)c4c3)c(O)c12. The Morgan fingerprint density at radius 3 is 2.73 bits per heavy atom. The zero-order chi connectivity index (χ0) is 15.3. The number of nitrogens with zero attached hydrogens (tertiary/aromatic N) is 2. The van der Waals surface area contributed by atoms with Crippen molar-refractivity contribution in [2.45, 2.75) is 0 Å². The molecule has 4 nitrogen and oxygen atoms in total. The fourth-order valence-electron chi connectivity index (χ4n) is 2.98. The molecule has 22 heavy (non-hydrogen) atoms. The molecule has 0 aliphatic heterocycles. The molecule has 0 fully saturated rings. The smallest absolute Gasteiger partial charge is 0.207 e. The van der Waals surface area contributed by atoms with Gasteiger partial charge in [0.25, 0.3) is 0 Å². The number of hydrogen-bond donors (Lipinski definition) is 1. The van der Waals surface area contributed by atoms with E-state index in [1.807, 2.05) is 43.7 Å². The molecule has 0 aliphatic carbocycles. The highest BCUT2D eigenvalue weighted by Gasteiger charge is 2.14. The molecule has 0 amide bonds. The van der Waals surface area contributed by atoms with Gasteiger partial charge in [-0.25, -0.2) is 0 Å². The summed E-state index contributed by atoms with van der Waals surface area (Å²) in [4.78, 5) is 0. The molecule has 0 saturated carbocycles. The number of methoxy groups -OCH3 is 1. The van der Waals surface area contributed by atoms with Gasteiger partial charge in [-0.2, -0.15) is 0 Å². The van der Waals surface area contributed by atoms with Crippen LogP contribution in [0.3, 0.4) is 0 Å². The van der Waals surface area contributed by atoms with Crippen LogP contribution >= 0.6 is 0 Å². The quantitative estimate of drug-likeness (QED) is 0.610. The zero-order valence-electron chi connectivity index (χ0n) is 12.4. The molecule has 4 heteroatoms. The van der Waals surface area contributed by atoms with Gasteiger partial charge in [0.15, 0.2) is 0 Å². The summed E-state index contributed by atoms with van der Waals surface area (Å²) in [6, 6.07) is 14.0. The van der Waals surface area contributed by atoms with E-state index in [9.17, 15) is 5.11 Å². The van der Waals surface area contributed by atoms with Crippen molar-refractivity contribution < 1.29 is 9.84 Å². The molecule has 1 N–H and O–H groups in total. The van der Waals surface area contributed by atoms with Crippen LogP contribution in [0.15, 0.2) is 54.9 Å². The molecular weight excluding hydrogens is 276 g/mol. The van der Waals surface area contributed by atoms with Gasteiger partial charge in [-0.15, -0.1) is 0 Å². The lowest BCUT2D eigenvalue weighted by Gasteiger charge is -2.07. The van der Waals surface area contributed by atoms with E-state index >= 15 is 0 Å². The summed E-state index contributed by atoms with van der Waals surface area (Å²) in [7, 11) is 3.63. The van der Waals surface area contributed by atoms with Crippen molar-refractivity contribution in [1.82, 2.24) is 9.13 Å². The number of ether oxygens (including phenoxy) is 1. The van der Waals surface area contributed by atoms with Crippen molar-refractivity contribution in [3.63, 3.8) is 0 Å². The van der Waals surface area contributed by atoms with Crippen molar-refractivity contribution in [3.05, 3.63) is 54.9 Å². The zero-order valence-corrected chi connectivity index (χ0v) is 12.4. The molecule has 2 aromatic carbocycles. The topological polar surface area (TPSA) is 39.3 Å². The van der Waals surface area contributed by atoms with E-state index in [4.69, 9.17) is 4.74 Å². The number of rotatable bonds is 2. The molecule has 4 aromatic rings. The van der Waals surface area contributed by atoms with Gasteiger partial charge < -0.3 is 14.4 Å². The fourth-order valence-corrected chi connectivity index (χ4v) is 2.98. The van der Waals surface area contributed by atoms with E-state index in [1.54, 1.807) is 11.7 Å². The number of hydrogen-bond acceptors (Lipinski definition) is 2. The van der Waals surface area contributed by atoms with Crippen LogP contribution in [0.25, 0.3) is 27.4 Å². The van der Waals surface area contributed by atoms with Crippen molar-refractivity contribution >= 4 is 21.7 Å². The second-order valence-corrected chi connectivity index (χ2v) is 5.42. The maximum Gasteiger partial charge on any atom is 0.207 e. The number of benzene rings is 2. The van der Waals surface area contributed by atoms with Gasteiger partial charge >= 0.3 is 0 Å². The van der Waals surface area contributed by atoms with Gasteiger partial charge in [0.1, 0.15) is 5.75 Å². The average Bonchev–Trinajstić information content (AvgIpc) is 3.08. The number of aryl methyl sites for hydroxylation is 1. The van der Waals surface area contributed by atoms with Crippen molar-refractivity contribution in [2.75, 3.05) is 7.11 Å². The molecule has 2 heterocycles. The lowest BCUT2D eigenvalue weighted by Crippen LogP contribution is -1.92. The highest BCUT2D eigenvalue weighted by atomic mass is 16.5. The molecule has 2 aromatic heterocycles. The molecule has 0 unspecified atom stereocenters. The summed E-state index contributed by atoms with van der Waals surface area (Å²) >= 11 is 0. The Morgan fingerprint density at radius 2 is 1.91 bits per heavy atom. The lowest BCUT2D eigenvalue weighted by atomic mass is 10.2. The van der Waals surface area contributed by atoms with E-state index in [0.29, 0.717) is 5.75 Å². The third-order valence-electron chi connectivity index (χ3n) is 4.15. The molecule has 4 rings (SSSR count). The van der Waals surface area contributed by atoms with Crippen LogP contribution < -0.4 is 4.74 Å². The minimum absolute atomic E-state index is 0.195. The van der Waals surface area contributed by atoms with E-state index in [1.165, 1.54) is 5.39 Å². The predicted molar refractivity (Wildman–Crippen MR) is 88.0 cm³/mol. The van der Waals surface area contributed by atoms with Gasteiger partial charge in [0, 0.05) is 30.3 Å². The van der Waals surface area contributed by atoms with Gasteiger partial charge in [-0.3, -0.25) is 4.57 Å². The minimum Gasteiger partial charge on any atom is -0.496 e. The molecule has 0 bridgehead atoms. The highest BCUT2D eigenvalue weighted by Crippen LogP contribution is 2.37. The Hall–Kier alpha value is -2.88. The van der Waals surface area contributed by atoms with Gasteiger partial charge in [-0.1, -0.05) is 18.2 Å². The Balaban J connectivity index is 1.99. The first-order valence-electron chi connectivity index (χ1n) is 7.11. The number of aromatic nitrogens is 2. The Kier molecular flexibility index (Phi) is 2.66. The first kappa shape index (κ1) is 12.8. The minimum atomic E-state index is 0.195. The van der Waals surface area contributed by atoms with Crippen LogP contribution in [-0.4, -0.2) is 21.4 Å². The van der Waals surface area contributed by atoms with Crippen LogP contribution in [0.2, 0.25) is 0 Å². The Bertz CT molecular complexity index is 995. The normalized spacial score (nSPS) is 11.4. The first-order valence-corrected chi connectivity index (χ1v) is 7.11. The van der Waals surface area contributed by atoms with Crippen molar-refractivity contribution in [1.29, 1.82) is 0 Å². The summed E-state index contributed by atoms with van der Waals surface area (Å²) in [5.74, 6) is 0.870. The second-order valence-electron chi connectivity index (χ2n) is 5.42. The molecule has 110 valence electrons. The van der Waals surface area contributed by atoms with Gasteiger partial charge in [0.2, 0.25) is 5.88 Å². The highest BCUT2D eigenvalue weighted by molar-refractivity contribution is 5.94. The third kappa shape index (κ3) is 1.70. The largest absolute Gasteiger partial charge is 0.496 e. The van der Waals surface area contributed by atoms with Crippen LogP contribution in [0.5, 0.6) is 11.6 Å². The lowest BCUT2D eigenvalue weighted by molar-refractivity contribution is 0.413. The molecule has 0 atom stereocenters. The van der Waals surface area contributed by atoms with Crippen molar-refractivity contribution in [2.24, 2.45) is 7.05 Å². The van der Waals surface area contributed by atoms with Gasteiger partial charge in [0.05, 0.1) is 18.2 Å². The third-order valence-corrected chi connectivity index (χ3v) is 4.15. The van der Waals surface area contributed by atoms with E-state index in [2.05, 4.69) is 22.8 Å². The summed E-state index contributed by atoms with van der Waals surface area (Å²) < 4.78 is 9.22. The first-order chi connectivity index (χ1) is 10.7. The fraction of sp³-hybridized carbons (Fsp3) is 0.111. The van der Waals surface area contributed by atoms with Crippen LogP contribution in [0.1, 0.15) is 0 Å². The number of fused-ring (bicyclic) bond motifs is 2. The summed E-state index contributed by atoms with van der Waals surface area (Å²) in [5.41, 5.74) is 2.05. The monoisotopic (exact) mass is 292 g/mol. The van der Waals surface area contributed by atoms with E-state index in [0.717, 1.165) is 22.0 Å². The number of aromatic hydroxyl groups is 1. The predicted octanol–water partition coefficient (Wildman–Crippen LogP) is 3.84. The summed E-state index contributed by atoms with van der Waals surface area (Å²) in [5, 5.41) is 13.5. The standard InChI is InChI=1S/C18H16N2O2/c1-19-9-8-12-6-7-14(10-15(12)19)20-11-13-4-3-5-16(22-2)17(13)18(20)21/h3-11,21H,1-2H3. The average molecular weight is 292 g/mol. The summed E-state index contributed by atoms with van der Waals surface area (Å²) in [6.07, 6.45) is 3.96. The van der Waals surface area contributed by atoms with E-state index in [-0.39, 0.29) is 5.88 Å². The second kappa shape index (κ2) is 4.56. The Morgan fingerprint density at radius 1 is 1.05 bits per heavy atom. The molecular formula is C18H16N2O2. The maximum atomic E-state index is 10.6.